The van der Waals surface area contributed by atoms with Gasteiger partial charge in [0.25, 0.3) is 0 Å². The minimum atomic E-state index is -0.859. The zero-order valence-corrected chi connectivity index (χ0v) is 11.7. The molecule has 0 aliphatic carbocycles. The lowest BCUT2D eigenvalue weighted by atomic mass is 10.0. The molecule has 0 aliphatic rings. The monoisotopic (exact) mass is 290 g/mol. The summed E-state index contributed by atoms with van der Waals surface area (Å²) in [5.41, 5.74) is 0.791. The van der Waals surface area contributed by atoms with E-state index in [4.69, 9.17) is 4.74 Å². The summed E-state index contributed by atoms with van der Waals surface area (Å²) in [6.45, 7) is 2.06. The Balaban J connectivity index is 2.08. The number of ketones is 1. The van der Waals surface area contributed by atoms with Crippen LogP contribution in [0.3, 0.4) is 0 Å². The molecule has 0 N–H and O–H groups in total. The van der Waals surface area contributed by atoms with Crippen LogP contribution in [0.5, 0.6) is 0 Å². The molecule has 2 aromatic rings. The third-order valence-electron chi connectivity index (χ3n) is 3.15. The van der Waals surface area contributed by atoms with Crippen molar-refractivity contribution in [3.63, 3.8) is 0 Å². The molecule has 2 nitrogen and oxygen atoms in total. The van der Waals surface area contributed by atoms with Crippen molar-refractivity contribution in [3.05, 3.63) is 71.3 Å². The minimum absolute atomic E-state index is 0.142. The Morgan fingerprint density at radius 3 is 2.48 bits per heavy atom. The predicted octanol–water partition coefficient (Wildman–Crippen LogP) is 4.14. The third kappa shape index (κ3) is 3.95. The molecule has 2 rings (SSSR count). The van der Waals surface area contributed by atoms with Crippen LogP contribution in [0.2, 0.25) is 0 Å². The maximum atomic E-state index is 13.6. The summed E-state index contributed by atoms with van der Waals surface area (Å²) < 4.78 is 32.1. The molecule has 0 saturated heterocycles. The van der Waals surface area contributed by atoms with Crippen molar-refractivity contribution in [3.8, 4) is 0 Å². The predicted molar refractivity (Wildman–Crippen MR) is 76.0 cm³/mol. The molecule has 0 aromatic heterocycles. The Kier molecular flexibility index (Phi) is 5.17. The SMILES string of the molecule is CCC(OCc1ccccc1)C(=O)c1ccc(F)cc1F. The van der Waals surface area contributed by atoms with E-state index in [1.807, 2.05) is 30.3 Å². The molecule has 0 bridgehead atoms. The van der Waals surface area contributed by atoms with Gasteiger partial charge in [-0.15, -0.1) is 0 Å². The molecule has 1 unspecified atom stereocenters. The van der Waals surface area contributed by atoms with E-state index in [1.54, 1.807) is 6.92 Å². The molecule has 0 saturated carbocycles. The highest BCUT2D eigenvalue weighted by Gasteiger charge is 2.22. The standard InChI is InChI=1S/C17H16F2O2/c1-2-16(21-11-12-6-4-3-5-7-12)17(20)14-9-8-13(18)10-15(14)19/h3-10,16H,2,11H2,1H3. The molecule has 0 heterocycles. The highest BCUT2D eigenvalue weighted by atomic mass is 19.1. The van der Waals surface area contributed by atoms with Crippen LogP contribution in [-0.2, 0) is 11.3 Å². The zero-order chi connectivity index (χ0) is 15.2. The molecule has 0 fully saturated rings. The van der Waals surface area contributed by atoms with Crippen molar-refractivity contribution in [2.75, 3.05) is 0 Å². The second-order valence-electron chi connectivity index (χ2n) is 4.68. The van der Waals surface area contributed by atoms with Gasteiger partial charge >= 0.3 is 0 Å². The number of halogens is 2. The number of hydrogen-bond acceptors (Lipinski definition) is 2. The van der Waals surface area contributed by atoms with Gasteiger partial charge in [0.1, 0.15) is 17.7 Å². The number of carbonyl (C=O) groups excluding carboxylic acids is 1. The molecule has 0 spiro atoms. The summed E-state index contributed by atoms with van der Waals surface area (Å²) in [6, 6.07) is 12.3. The summed E-state index contributed by atoms with van der Waals surface area (Å²) in [5.74, 6) is -2.03. The van der Waals surface area contributed by atoms with E-state index < -0.39 is 23.5 Å². The van der Waals surface area contributed by atoms with E-state index in [-0.39, 0.29) is 12.2 Å². The normalized spacial score (nSPS) is 12.1. The first-order chi connectivity index (χ1) is 10.1. The molecule has 0 aliphatic heterocycles. The molecule has 110 valence electrons. The van der Waals surface area contributed by atoms with Gasteiger partial charge in [0.05, 0.1) is 12.2 Å². The van der Waals surface area contributed by atoms with E-state index in [2.05, 4.69) is 0 Å². The number of rotatable bonds is 6. The van der Waals surface area contributed by atoms with E-state index in [0.717, 1.165) is 17.7 Å². The van der Waals surface area contributed by atoms with Crippen LogP contribution in [0, 0.1) is 11.6 Å². The van der Waals surface area contributed by atoms with Crippen LogP contribution in [0.1, 0.15) is 29.3 Å². The van der Waals surface area contributed by atoms with Gasteiger partial charge in [-0.05, 0) is 24.1 Å². The minimum Gasteiger partial charge on any atom is -0.365 e. The third-order valence-corrected chi connectivity index (χ3v) is 3.15. The van der Waals surface area contributed by atoms with Gasteiger partial charge in [0.2, 0.25) is 0 Å². The van der Waals surface area contributed by atoms with Crippen LogP contribution in [0.25, 0.3) is 0 Å². The van der Waals surface area contributed by atoms with E-state index >= 15 is 0 Å². The summed E-state index contributed by atoms with van der Waals surface area (Å²) in [6.07, 6.45) is -0.326. The molecular weight excluding hydrogens is 274 g/mol. The largest absolute Gasteiger partial charge is 0.365 e. The molecular formula is C17H16F2O2. The molecule has 0 radical (unpaired) electrons. The van der Waals surface area contributed by atoms with Crippen molar-refractivity contribution in [1.82, 2.24) is 0 Å². The highest BCUT2D eigenvalue weighted by molar-refractivity contribution is 5.99. The van der Waals surface area contributed by atoms with Crippen LogP contribution >= 0.6 is 0 Å². The van der Waals surface area contributed by atoms with Crippen molar-refractivity contribution in [2.24, 2.45) is 0 Å². The number of ether oxygens (including phenoxy) is 1. The van der Waals surface area contributed by atoms with Crippen molar-refractivity contribution in [2.45, 2.75) is 26.1 Å². The van der Waals surface area contributed by atoms with Crippen molar-refractivity contribution in [1.29, 1.82) is 0 Å². The Bertz CT molecular complexity index is 611. The molecule has 4 heteroatoms. The smallest absolute Gasteiger partial charge is 0.194 e. The van der Waals surface area contributed by atoms with Crippen LogP contribution in [0.15, 0.2) is 48.5 Å². The lowest BCUT2D eigenvalue weighted by molar-refractivity contribution is 0.0323. The number of Topliss-reactive ketones (excluding diaryl/α,β-unsaturated/α-hetero) is 1. The Labute approximate surface area is 122 Å². The van der Waals surface area contributed by atoms with Crippen molar-refractivity contribution >= 4 is 5.78 Å². The second-order valence-corrected chi connectivity index (χ2v) is 4.68. The van der Waals surface area contributed by atoms with Gasteiger partial charge in [-0.25, -0.2) is 8.78 Å². The van der Waals surface area contributed by atoms with Gasteiger partial charge in [-0.1, -0.05) is 37.3 Å². The fourth-order valence-electron chi connectivity index (χ4n) is 2.01. The number of hydrogen-bond donors (Lipinski definition) is 0. The molecule has 1 atom stereocenters. The molecule has 0 amide bonds. The van der Waals surface area contributed by atoms with Crippen LogP contribution in [0.4, 0.5) is 8.78 Å². The maximum absolute atomic E-state index is 13.6. The molecule has 21 heavy (non-hydrogen) atoms. The van der Waals surface area contributed by atoms with Crippen LogP contribution in [-0.4, -0.2) is 11.9 Å². The Morgan fingerprint density at radius 2 is 1.86 bits per heavy atom. The fourth-order valence-corrected chi connectivity index (χ4v) is 2.01. The summed E-state index contributed by atoms with van der Waals surface area (Å²) in [7, 11) is 0. The van der Waals surface area contributed by atoms with Gasteiger partial charge in [-0.3, -0.25) is 4.79 Å². The fraction of sp³-hybridized carbons (Fsp3) is 0.235. The first kappa shape index (κ1) is 15.3. The van der Waals surface area contributed by atoms with E-state index in [9.17, 15) is 13.6 Å². The molecule has 2 aromatic carbocycles. The summed E-state index contributed by atoms with van der Waals surface area (Å²) in [4.78, 5) is 12.2. The van der Waals surface area contributed by atoms with Gasteiger partial charge < -0.3 is 4.74 Å². The first-order valence-corrected chi connectivity index (χ1v) is 6.76. The highest BCUT2D eigenvalue weighted by Crippen LogP contribution is 2.16. The maximum Gasteiger partial charge on any atom is 0.194 e. The number of benzene rings is 2. The van der Waals surface area contributed by atoms with E-state index in [0.29, 0.717) is 12.5 Å². The second kappa shape index (κ2) is 7.09. The topological polar surface area (TPSA) is 26.3 Å². The lowest BCUT2D eigenvalue weighted by Gasteiger charge is -2.15. The average Bonchev–Trinajstić information content (AvgIpc) is 2.48. The Hall–Kier alpha value is -2.07. The van der Waals surface area contributed by atoms with Gasteiger partial charge in [0, 0.05) is 6.07 Å². The Morgan fingerprint density at radius 1 is 1.14 bits per heavy atom. The van der Waals surface area contributed by atoms with E-state index in [1.165, 1.54) is 0 Å². The quantitative estimate of drug-likeness (QED) is 0.747. The summed E-state index contributed by atoms with van der Waals surface area (Å²) >= 11 is 0. The van der Waals surface area contributed by atoms with Crippen LogP contribution < -0.4 is 0 Å². The lowest BCUT2D eigenvalue weighted by Crippen LogP contribution is -2.24. The van der Waals surface area contributed by atoms with Crippen molar-refractivity contribution < 1.29 is 18.3 Å². The average molecular weight is 290 g/mol. The summed E-state index contributed by atoms with van der Waals surface area (Å²) in [5, 5.41) is 0. The van der Waals surface area contributed by atoms with Gasteiger partial charge in [0.15, 0.2) is 5.78 Å². The van der Waals surface area contributed by atoms with Gasteiger partial charge in [-0.2, -0.15) is 0 Å². The first-order valence-electron chi connectivity index (χ1n) is 6.76. The number of carbonyl (C=O) groups is 1. The zero-order valence-electron chi connectivity index (χ0n) is 11.7.